The van der Waals surface area contributed by atoms with Crippen LogP contribution in [0.4, 0.5) is 16.2 Å². The molecule has 0 saturated carbocycles. The fourth-order valence-corrected chi connectivity index (χ4v) is 2.11. The second-order valence-electron chi connectivity index (χ2n) is 3.28. The van der Waals surface area contributed by atoms with Crippen molar-refractivity contribution in [1.29, 1.82) is 0 Å². The lowest BCUT2D eigenvalue weighted by Crippen LogP contribution is -2.29. The number of hydrogen-bond donors (Lipinski definition) is 4. The van der Waals surface area contributed by atoms with Crippen LogP contribution in [0.15, 0.2) is 6.20 Å². The van der Waals surface area contributed by atoms with E-state index >= 15 is 0 Å². The summed E-state index contributed by atoms with van der Waals surface area (Å²) in [6.07, 6.45) is 0.934. The molecule has 1 aromatic heterocycles. The molecular weight excluding hydrogens is 263 g/mol. The van der Waals surface area contributed by atoms with Crippen molar-refractivity contribution < 1.29 is 12.8 Å². The maximum atomic E-state index is 13.3. The number of nitrogens with zero attached hydrogens (tertiary/aromatic N) is 2. The average Bonchev–Trinajstić information content (AvgIpc) is 2.31. The van der Waals surface area contributed by atoms with Crippen molar-refractivity contribution in [3.8, 4) is 0 Å². The highest BCUT2D eigenvalue weighted by Gasteiger charge is 2.10. The van der Waals surface area contributed by atoms with Crippen LogP contribution >= 0.6 is 0 Å². The fourth-order valence-electron chi connectivity index (χ4n) is 1.16. The van der Waals surface area contributed by atoms with Gasteiger partial charge in [0.1, 0.15) is 0 Å². The summed E-state index contributed by atoms with van der Waals surface area (Å²) in [6.45, 7) is 2.01. The number of nitrogen functional groups attached to an aromatic ring is 1. The zero-order valence-corrected chi connectivity index (χ0v) is 10.6. The Bertz CT molecular complexity index is 494. The van der Waals surface area contributed by atoms with Crippen LogP contribution in [0, 0.1) is 5.82 Å². The van der Waals surface area contributed by atoms with E-state index in [0.29, 0.717) is 6.54 Å². The Morgan fingerprint density at radius 3 is 2.83 bits per heavy atom. The minimum absolute atomic E-state index is 0.0211. The Labute approximate surface area is 104 Å². The number of hydrogen-bond acceptors (Lipinski definition) is 7. The molecule has 0 atom stereocenters. The van der Waals surface area contributed by atoms with Crippen molar-refractivity contribution >= 4 is 21.8 Å². The highest BCUT2D eigenvalue weighted by molar-refractivity contribution is 7.89. The van der Waals surface area contributed by atoms with Gasteiger partial charge in [0.05, 0.1) is 11.9 Å². The molecule has 102 valence electrons. The van der Waals surface area contributed by atoms with Gasteiger partial charge in [-0.05, 0) is 0 Å². The first-order valence-electron chi connectivity index (χ1n) is 5.19. The van der Waals surface area contributed by atoms with Gasteiger partial charge in [0.25, 0.3) is 0 Å². The summed E-state index contributed by atoms with van der Waals surface area (Å²) in [4.78, 5) is 7.26. The molecule has 1 heterocycles. The molecule has 0 radical (unpaired) electrons. The molecule has 0 aliphatic rings. The maximum absolute atomic E-state index is 13.3. The molecule has 1 aromatic rings. The molecule has 0 aromatic carbocycles. The topological polar surface area (TPSA) is 122 Å². The van der Waals surface area contributed by atoms with E-state index < -0.39 is 15.8 Å². The molecule has 18 heavy (non-hydrogen) atoms. The van der Waals surface area contributed by atoms with Gasteiger partial charge in [0.2, 0.25) is 16.0 Å². The van der Waals surface area contributed by atoms with Crippen LogP contribution in [0.25, 0.3) is 0 Å². The molecule has 0 saturated heterocycles. The van der Waals surface area contributed by atoms with Gasteiger partial charge in [0, 0.05) is 13.1 Å². The van der Waals surface area contributed by atoms with Crippen molar-refractivity contribution in [2.45, 2.75) is 6.92 Å². The van der Waals surface area contributed by atoms with Crippen LogP contribution in [0.1, 0.15) is 6.92 Å². The zero-order chi connectivity index (χ0) is 13.6. The summed E-state index contributed by atoms with van der Waals surface area (Å²) in [5, 5.41) is 2.56. The third-order valence-corrected chi connectivity index (χ3v) is 3.37. The minimum Gasteiger partial charge on any atom is -0.366 e. The van der Waals surface area contributed by atoms with Crippen LogP contribution in [0.3, 0.4) is 0 Å². The van der Waals surface area contributed by atoms with E-state index in [4.69, 9.17) is 5.84 Å². The van der Waals surface area contributed by atoms with Crippen LogP contribution in [0.5, 0.6) is 0 Å². The van der Waals surface area contributed by atoms with Crippen molar-refractivity contribution in [1.82, 2.24) is 14.7 Å². The van der Waals surface area contributed by atoms with E-state index in [1.165, 1.54) is 0 Å². The molecule has 0 unspecified atom stereocenters. The lowest BCUT2D eigenvalue weighted by molar-refractivity contribution is 0.583. The summed E-state index contributed by atoms with van der Waals surface area (Å²) >= 11 is 0. The number of hydrazine groups is 1. The highest BCUT2D eigenvalue weighted by atomic mass is 32.2. The second-order valence-corrected chi connectivity index (χ2v) is 5.20. The lowest BCUT2D eigenvalue weighted by Gasteiger charge is -2.08. The van der Waals surface area contributed by atoms with Crippen LogP contribution in [-0.4, -0.2) is 37.2 Å². The Balaban J connectivity index is 2.58. The number of aromatic nitrogens is 2. The van der Waals surface area contributed by atoms with Crippen molar-refractivity contribution in [3.05, 3.63) is 12.0 Å². The summed E-state index contributed by atoms with van der Waals surface area (Å²) in [6, 6.07) is 0. The summed E-state index contributed by atoms with van der Waals surface area (Å²) < 4.78 is 38.2. The normalized spacial score (nSPS) is 11.3. The first kappa shape index (κ1) is 14.5. The van der Waals surface area contributed by atoms with Crippen molar-refractivity contribution in [2.24, 2.45) is 5.84 Å². The average molecular weight is 278 g/mol. The van der Waals surface area contributed by atoms with E-state index in [0.717, 1.165) is 6.20 Å². The number of sulfonamides is 1. The zero-order valence-electron chi connectivity index (χ0n) is 9.77. The van der Waals surface area contributed by atoms with E-state index in [2.05, 4.69) is 25.4 Å². The van der Waals surface area contributed by atoms with Gasteiger partial charge < -0.3 is 5.32 Å². The van der Waals surface area contributed by atoms with E-state index in [1.807, 2.05) is 0 Å². The first-order valence-corrected chi connectivity index (χ1v) is 6.84. The summed E-state index contributed by atoms with van der Waals surface area (Å²) in [5.74, 6) is 4.13. The Hall–Kier alpha value is -1.52. The molecular formula is C8H15FN6O2S. The van der Waals surface area contributed by atoms with Crippen LogP contribution in [-0.2, 0) is 10.0 Å². The monoisotopic (exact) mass is 278 g/mol. The van der Waals surface area contributed by atoms with Gasteiger partial charge in [-0.15, -0.1) is 0 Å². The van der Waals surface area contributed by atoms with Crippen LogP contribution < -0.4 is 21.3 Å². The summed E-state index contributed by atoms with van der Waals surface area (Å²) in [7, 11) is -3.35. The highest BCUT2D eigenvalue weighted by Crippen LogP contribution is 2.10. The smallest absolute Gasteiger partial charge is 0.239 e. The van der Waals surface area contributed by atoms with Gasteiger partial charge in [-0.1, -0.05) is 6.92 Å². The number of nitrogens with one attached hydrogen (secondary N) is 3. The molecule has 1 rings (SSSR count). The van der Waals surface area contributed by atoms with Gasteiger partial charge in [-0.25, -0.2) is 28.4 Å². The number of rotatable bonds is 7. The van der Waals surface area contributed by atoms with Gasteiger partial charge in [-0.2, -0.15) is 4.98 Å². The molecule has 0 aliphatic carbocycles. The third kappa shape index (κ3) is 4.39. The molecule has 0 fully saturated rings. The predicted molar refractivity (Wildman–Crippen MR) is 65.8 cm³/mol. The summed E-state index contributed by atoms with van der Waals surface area (Å²) in [5.41, 5.74) is 2.16. The van der Waals surface area contributed by atoms with Gasteiger partial charge >= 0.3 is 0 Å². The minimum atomic E-state index is -3.35. The third-order valence-electron chi connectivity index (χ3n) is 1.90. The number of halogens is 1. The molecule has 5 N–H and O–H groups in total. The van der Waals surface area contributed by atoms with E-state index in [9.17, 15) is 12.8 Å². The Kier molecular flexibility index (Phi) is 5.19. The molecule has 0 aliphatic heterocycles. The number of anilines is 2. The van der Waals surface area contributed by atoms with Crippen LogP contribution in [0.2, 0.25) is 0 Å². The first-order chi connectivity index (χ1) is 8.48. The van der Waals surface area contributed by atoms with E-state index in [1.54, 1.807) is 6.92 Å². The maximum Gasteiger partial charge on any atom is 0.239 e. The van der Waals surface area contributed by atoms with Crippen molar-refractivity contribution in [3.63, 3.8) is 0 Å². The standard InChI is InChI=1S/C8H15FN6O2S/c1-2-13-18(16,17)4-3-11-7-6(9)5-12-8(14-7)15-10/h5,13H,2-4,10H2,1H3,(H2,11,12,14,15). The van der Waals surface area contributed by atoms with Gasteiger partial charge in [-0.3, -0.25) is 5.43 Å². The van der Waals surface area contributed by atoms with Gasteiger partial charge in [0.15, 0.2) is 11.6 Å². The second kappa shape index (κ2) is 6.42. The quantitative estimate of drug-likeness (QED) is 0.382. The van der Waals surface area contributed by atoms with Crippen molar-refractivity contribution in [2.75, 3.05) is 29.6 Å². The van der Waals surface area contributed by atoms with E-state index in [-0.39, 0.29) is 24.1 Å². The largest absolute Gasteiger partial charge is 0.366 e. The lowest BCUT2D eigenvalue weighted by atomic mass is 10.5. The Morgan fingerprint density at radius 1 is 1.50 bits per heavy atom. The molecule has 0 amide bonds. The molecule has 0 spiro atoms. The number of nitrogens with two attached hydrogens (primary N) is 1. The molecule has 10 heteroatoms. The predicted octanol–water partition coefficient (Wildman–Crippen LogP) is -0.747. The molecule has 0 bridgehead atoms. The Morgan fingerprint density at radius 2 is 2.22 bits per heavy atom. The SMILES string of the molecule is CCNS(=O)(=O)CCNc1nc(NN)ncc1F. The fraction of sp³-hybridized carbons (Fsp3) is 0.500. The molecule has 8 nitrogen and oxygen atoms in total.